The van der Waals surface area contributed by atoms with Gasteiger partial charge in [0, 0.05) is 18.6 Å². The molecule has 0 radical (unpaired) electrons. The molecule has 18 heavy (non-hydrogen) atoms. The van der Waals surface area contributed by atoms with Crippen LogP contribution in [-0.4, -0.2) is 0 Å². The van der Waals surface area contributed by atoms with Crippen LogP contribution in [0.5, 0.6) is 0 Å². The molecule has 0 aliphatic rings. The third-order valence-electron chi connectivity index (χ3n) is 2.47. The largest absolute Gasteiger partial charge is 0.112 e. The van der Waals surface area contributed by atoms with Gasteiger partial charge in [-0.05, 0) is 64.0 Å². The molecular weight excluding hydrogens is 425 g/mol. The van der Waals surface area contributed by atoms with Gasteiger partial charge in [-0.1, -0.05) is 40.9 Å². The van der Waals surface area contributed by atoms with Crippen molar-refractivity contribution in [2.75, 3.05) is 0 Å². The lowest BCUT2D eigenvalue weighted by atomic mass is 10.0. The SMILES string of the molecule is Clc1ccc(C(Cl)c2cc(Cl)ccc2I)c(Cl)c1. The van der Waals surface area contributed by atoms with E-state index in [1.807, 2.05) is 24.3 Å². The molecule has 2 aromatic carbocycles. The minimum absolute atomic E-state index is 0.347. The Balaban J connectivity index is 2.47. The first-order valence-electron chi connectivity index (χ1n) is 5.03. The molecule has 0 fully saturated rings. The fraction of sp³-hybridized carbons (Fsp3) is 0.0769. The molecule has 0 bridgehead atoms. The molecule has 0 aromatic heterocycles. The molecule has 2 rings (SSSR count). The van der Waals surface area contributed by atoms with E-state index in [2.05, 4.69) is 22.6 Å². The van der Waals surface area contributed by atoms with Gasteiger partial charge in [0.1, 0.15) is 0 Å². The zero-order valence-electron chi connectivity index (χ0n) is 8.93. The number of hydrogen-bond acceptors (Lipinski definition) is 0. The first kappa shape index (κ1) is 14.7. The monoisotopic (exact) mass is 430 g/mol. The molecule has 2 aromatic rings. The number of rotatable bonds is 2. The second kappa shape index (κ2) is 6.19. The summed E-state index contributed by atoms with van der Waals surface area (Å²) in [7, 11) is 0. The maximum Gasteiger partial charge on any atom is 0.0860 e. The van der Waals surface area contributed by atoms with Crippen molar-refractivity contribution in [3.05, 3.63) is 66.2 Å². The van der Waals surface area contributed by atoms with Crippen LogP contribution in [0.3, 0.4) is 0 Å². The minimum Gasteiger partial charge on any atom is -0.112 e. The minimum atomic E-state index is -0.347. The summed E-state index contributed by atoms with van der Waals surface area (Å²) in [6.07, 6.45) is 0. The van der Waals surface area contributed by atoms with Crippen LogP contribution in [0.2, 0.25) is 15.1 Å². The van der Waals surface area contributed by atoms with Gasteiger partial charge in [0.25, 0.3) is 0 Å². The van der Waals surface area contributed by atoms with Gasteiger partial charge < -0.3 is 0 Å². The van der Waals surface area contributed by atoms with Crippen molar-refractivity contribution in [2.45, 2.75) is 5.38 Å². The number of benzene rings is 2. The summed E-state index contributed by atoms with van der Waals surface area (Å²) in [5.41, 5.74) is 1.76. The summed E-state index contributed by atoms with van der Waals surface area (Å²) < 4.78 is 1.04. The molecule has 5 heteroatoms. The third kappa shape index (κ3) is 3.26. The predicted molar refractivity (Wildman–Crippen MR) is 88.3 cm³/mol. The highest BCUT2D eigenvalue weighted by atomic mass is 127. The molecule has 1 atom stereocenters. The molecule has 0 N–H and O–H groups in total. The second-order valence-electron chi connectivity index (χ2n) is 3.69. The molecule has 94 valence electrons. The maximum absolute atomic E-state index is 6.48. The topological polar surface area (TPSA) is 0 Å². The lowest BCUT2D eigenvalue weighted by Gasteiger charge is -2.14. The number of hydrogen-bond donors (Lipinski definition) is 0. The molecule has 0 nitrogen and oxygen atoms in total. The smallest absolute Gasteiger partial charge is 0.0860 e. The van der Waals surface area contributed by atoms with Gasteiger partial charge in [-0.25, -0.2) is 0 Å². The maximum atomic E-state index is 6.48. The Morgan fingerprint density at radius 1 is 0.833 bits per heavy atom. The highest BCUT2D eigenvalue weighted by Gasteiger charge is 2.17. The zero-order valence-corrected chi connectivity index (χ0v) is 14.1. The second-order valence-corrected chi connectivity index (χ2v) is 6.57. The average molecular weight is 432 g/mol. The van der Waals surface area contributed by atoms with Gasteiger partial charge in [-0.2, -0.15) is 0 Å². The van der Waals surface area contributed by atoms with Crippen molar-refractivity contribution in [3.63, 3.8) is 0 Å². The van der Waals surface area contributed by atoms with Crippen LogP contribution in [0.15, 0.2) is 36.4 Å². The number of alkyl halides is 1. The van der Waals surface area contributed by atoms with E-state index in [4.69, 9.17) is 46.4 Å². The van der Waals surface area contributed by atoms with E-state index in [0.717, 1.165) is 14.7 Å². The predicted octanol–water partition coefficient (Wildman–Crippen LogP) is 6.58. The molecule has 0 spiro atoms. The number of halogens is 5. The van der Waals surface area contributed by atoms with Crippen molar-refractivity contribution in [3.8, 4) is 0 Å². The van der Waals surface area contributed by atoms with E-state index in [-0.39, 0.29) is 5.38 Å². The van der Waals surface area contributed by atoms with E-state index in [1.54, 1.807) is 12.1 Å². The van der Waals surface area contributed by atoms with Crippen molar-refractivity contribution in [1.82, 2.24) is 0 Å². The summed E-state index contributed by atoms with van der Waals surface area (Å²) in [6, 6.07) is 10.9. The normalized spacial score (nSPS) is 12.5. The third-order valence-corrected chi connectivity index (χ3v) is 4.72. The Kier molecular flexibility index (Phi) is 5.06. The van der Waals surface area contributed by atoms with Gasteiger partial charge in [0.15, 0.2) is 0 Å². The van der Waals surface area contributed by atoms with Gasteiger partial charge in [0.05, 0.1) is 5.38 Å². The summed E-state index contributed by atoms with van der Waals surface area (Å²) in [5, 5.41) is 1.45. The Labute approximate surface area is 139 Å². The van der Waals surface area contributed by atoms with E-state index < -0.39 is 0 Å². The quantitative estimate of drug-likeness (QED) is 0.372. The Hall–Kier alpha value is 0.330. The summed E-state index contributed by atoms with van der Waals surface area (Å²) in [5.74, 6) is 0. The lowest BCUT2D eigenvalue weighted by molar-refractivity contribution is 1.13. The molecule has 0 aliphatic carbocycles. The van der Waals surface area contributed by atoms with Crippen molar-refractivity contribution < 1.29 is 0 Å². The highest BCUT2D eigenvalue weighted by Crippen LogP contribution is 2.37. The van der Waals surface area contributed by atoms with Gasteiger partial charge in [0.2, 0.25) is 0 Å². The van der Waals surface area contributed by atoms with Crippen LogP contribution in [0.1, 0.15) is 16.5 Å². The average Bonchev–Trinajstić information content (AvgIpc) is 2.31. The van der Waals surface area contributed by atoms with Crippen molar-refractivity contribution in [1.29, 1.82) is 0 Å². The molecular formula is C13H7Cl4I. The fourth-order valence-electron chi connectivity index (χ4n) is 1.58. The first-order chi connectivity index (χ1) is 8.49. The van der Waals surface area contributed by atoms with Crippen LogP contribution < -0.4 is 0 Å². The zero-order chi connectivity index (χ0) is 13.3. The van der Waals surface area contributed by atoms with Gasteiger partial charge in [-0.15, -0.1) is 11.6 Å². The fourth-order valence-corrected chi connectivity index (χ4v) is 3.54. The van der Waals surface area contributed by atoms with Crippen molar-refractivity contribution in [2.24, 2.45) is 0 Å². The summed E-state index contributed by atoms with van der Waals surface area (Å²) in [6.45, 7) is 0. The van der Waals surface area contributed by atoms with E-state index in [9.17, 15) is 0 Å². The van der Waals surface area contributed by atoms with Gasteiger partial charge in [-0.3, -0.25) is 0 Å². The van der Waals surface area contributed by atoms with E-state index in [0.29, 0.717) is 15.1 Å². The molecule has 0 saturated carbocycles. The lowest BCUT2D eigenvalue weighted by Crippen LogP contribution is -1.97. The molecule has 0 amide bonds. The van der Waals surface area contributed by atoms with Crippen LogP contribution >= 0.6 is 69.0 Å². The molecule has 1 unspecified atom stereocenters. The molecule has 0 saturated heterocycles. The summed E-state index contributed by atoms with van der Waals surface area (Å²) in [4.78, 5) is 0. The Morgan fingerprint density at radius 3 is 2.11 bits per heavy atom. The van der Waals surface area contributed by atoms with E-state index in [1.165, 1.54) is 0 Å². The Morgan fingerprint density at radius 2 is 1.44 bits per heavy atom. The highest BCUT2D eigenvalue weighted by molar-refractivity contribution is 14.1. The molecule has 0 heterocycles. The standard InChI is InChI=1S/C13H7Cl4I/c14-7-2-4-12(18)10(5-7)13(17)9-3-1-8(15)6-11(9)16/h1-6,13H. The van der Waals surface area contributed by atoms with Crippen LogP contribution in [-0.2, 0) is 0 Å². The Bertz CT molecular complexity index is 583. The molecule has 0 aliphatic heterocycles. The van der Waals surface area contributed by atoms with Gasteiger partial charge >= 0.3 is 0 Å². The van der Waals surface area contributed by atoms with Crippen LogP contribution in [0.4, 0.5) is 0 Å². The summed E-state index contributed by atoms with van der Waals surface area (Å²) >= 11 is 26.7. The van der Waals surface area contributed by atoms with Crippen LogP contribution in [0.25, 0.3) is 0 Å². The van der Waals surface area contributed by atoms with Crippen molar-refractivity contribution >= 4 is 69.0 Å². The first-order valence-corrected chi connectivity index (χ1v) is 7.68. The van der Waals surface area contributed by atoms with Crippen LogP contribution in [0, 0.1) is 3.57 Å². The van der Waals surface area contributed by atoms with E-state index >= 15 is 0 Å².